The third-order valence-electron chi connectivity index (χ3n) is 4.63. The number of aryl methyl sites for hydroxylation is 1. The van der Waals surface area contributed by atoms with Crippen molar-refractivity contribution in [2.24, 2.45) is 5.92 Å². The Hall–Kier alpha value is -1.88. The molecule has 0 radical (unpaired) electrons. The number of nitrogens with zero attached hydrogens (tertiary/aromatic N) is 2. The normalized spacial score (nSPS) is 18.2. The number of carbonyl (C=O) groups is 2. The van der Waals surface area contributed by atoms with Crippen molar-refractivity contribution in [3.8, 4) is 0 Å². The summed E-state index contributed by atoms with van der Waals surface area (Å²) < 4.78 is 0. The minimum absolute atomic E-state index is 0.0164. The average Bonchev–Trinajstić information content (AvgIpc) is 2.58. The molecular weight excluding hydrogens is 314 g/mol. The van der Waals surface area contributed by atoms with E-state index in [2.05, 4.69) is 48.3 Å². The first-order valence-electron chi connectivity index (χ1n) is 9.27. The third kappa shape index (κ3) is 6.16. The average molecular weight is 345 g/mol. The Labute approximate surface area is 151 Å². The Morgan fingerprint density at radius 1 is 1.32 bits per heavy atom. The zero-order valence-corrected chi connectivity index (χ0v) is 15.7. The van der Waals surface area contributed by atoms with Crippen LogP contribution in [0.15, 0.2) is 30.3 Å². The van der Waals surface area contributed by atoms with Crippen LogP contribution in [-0.4, -0.2) is 60.9 Å². The van der Waals surface area contributed by atoms with Crippen molar-refractivity contribution in [1.29, 1.82) is 0 Å². The van der Waals surface area contributed by atoms with Crippen LogP contribution in [0, 0.1) is 5.92 Å². The van der Waals surface area contributed by atoms with Gasteiger partial charge in [-0.25, -0.2) is 0 Å². The number of benzene rings is 1. The quantitative estimate of drug-likeness (QED) is 0.783. The maximum Gasteiger partial charge on any atom is 0.237 e. The number of rotatable bonds is 8. The van der Waals surface area contributed by atoms with Crippen LogP contribution in [0.1, 0.15) is 32.3 Å². The molecule has 5 heteroatoms. The summed E-state index contributed by atoms with van der Waals surface area (Å²) in [4.78, 5) is 28.7. The topological polar surface area (TPSA) is 52.7 Å². The molecule has 1 heterocycles. The summed E-state index contributed by atoms with van der Waals surface area (Å²) >= 11 is 0. The van der Waals surface area contributed by atoms with Gasteiger partial charge >= 0.3 is 0 Å². The molecule has 1 atom stereocenters. The molecule has 0 bridgehead atoms. The SMILES string of the molecule is CC(C)CN(C)C(=O)C[C@H]1C(=O)NCCN1CCCc1ccccc1. The molecule has 1 fully saturated rings. The molecule has 0 spiro atoms. The van der Waals surface area contributed by atoms with Gasteiger partial charge in [0.05, 0.1) is 12.5 Å². The lowest BCUT2D eigenvalue weighted by molar-refractivity contribution is -0.138. The number of hydrogen-bond donors (Lipinski definition) is 1. The highest BCUT2D eigenvalue weighted by molar-refractivity contribution is 5.88. The van der Waals surface area contributed by atoms with E-state index in [0.29, 0.717) is 12.5 Å². The lowest BCUT2D eigenvalue weighted by Crippen LogP contribution is -2.56. The predicted octanol–water partition coefficient (Wildman–Crippen LogP) is 1.92. The predicted molar refractivity (Wildman–Crippen MR) is 100 cm³/mol. The van der Waals surface area contributed by atoms with Gasteiger partial charge in [0, 0.05) is 26.7 Å². The summed E-state index contributed by atoms with van der Waals surface area (Å²) in [6.45, 7) is 7.22. The van der Waals surface area contributed by atoms with Crippen LogP contribution in [0.4, 0.5) is 0 Å². The first-order chi connectivity index (χ1) is 12.0. The zero-order chi connectivity index (χ0) is 18.2. The van der Waals surface area contributed by atoms with Crippen molar-refractivity contribution in [2.75, 3.05) is 33.2 Å². The molecule has 138 valence electrons. The standard InChI is InChI=1S/C20H31N3O2/c1-16(2)15-22(3)19(24)14-18-20(25)21-11-13-23(18)12-7-10-17-8-5-4-6-9-17/h4-6,8-9,16,18H,7,10-15H2,1-3H3,(H,21,25)/t18-/m0/s1. The smallest absolute Gasteiger partial charge is 0.237 e. The largest absolute Gasteiger partial charge is 0.353 e. The van der Waals surface area contributed by atoms with E-state index in [1.165, 1.54) is 5.56 Å². The molecule has 2 rings (SSSR count). The van der Waals surface area contributed by atoms with Gasteiger partial charge in [0.25, 0.3) is 0 Å². The molecule has 1 N–H and O–H groups in total. The molecule has 0 saturated carbocycles. The molecule has 5 nitrogen and oxygen atoms in total. The van der Waals surface area contributed by atoms with Gasteiger partial charge in [0.2, 0.25) is 11.8 Å². The molecule has 1 aliphatic heterocycles. The minimum Gasteiger partial charge on any atom is -0.353 e. The van der Waals surface area contributed by atoms with E-state index in [-0.39, 0.29) is 24.3 Å². The van der Waals surface area contributed by atoms with Crippen LogP contribution in [0.25, 0.3) is 0 Å². The number of carbonyl (C=O) groups excluding carboxylic acids is 2. The molecule has 1 saturated heterocycles. The lowest BCUT2D eigenvalue weighted by atomic mass is 10.1. The van der Waals surface area contributed by atoms with Crippen molar-refractivity contribution >= 4 is 11.8 Å². The highest BCUT2D eigenvalue weighted by Gasteiger charge is 2.32. The van der Waals surface area contributed by atoms with Gasteiger partial charge in [-0.15, -0.1) is 0 Å². The molecule has 0 aliphatic carbocycles. The Bertz CT molecular complexity index is 559. The van der Waals surface area contributed by atoms with E-state index in [0.717, 1.165) is 32.5 Å². The molecule has 0 unspecified atom stereocenters. The minimum atomic E-state index is -0.341. The van der Waals surface area contributed by atoms with Crippen molar-refractivity contribution in [3.63, 3.8) is 0 Å². The molecule has 1 aromatic rings. The number of amides is 2. The Morgan fingerprint density at radius 3 is 2.72 bits per heavy atom. The van der Waals surface area contributed by atoms with E-state index in [9.17, 15) is 9.59 Å². The molecule has 25 heavy (non-hydrogen) atoms. The van der Waals surface area contributed by atoms with Crippen LogP contribution in [0.5, 0.6) is 0 Å². The Morgan fingerprint density at radius 2 is 2.04 bits per heavy atom. The van der Waals surface area contributed by atoms with Crippen LogP contribution < -0.4 is 5.32 Å². The highest BCUT2D eigenvalue weighted by atomic mass is 16.2. The fourth-order valence-corrected chi connectivity index (χ4v) is 3.35. The van der Waals surface area contributed by atoms with Gasteiger partial charge in [0.15, 0.2) is 0 Å². The van der Waals surface area contributed by atoms with Gasteiger partial charge in [-0.1, -0.05) is 44.2 Å². The number of nitrogens with one attached hydrogen (secondary N) is 1. The summed E-state index contributed by atoms with van der Waals surface area (Å²) in [5, 5.41) is 2.90. The van der Waals surface area contributed by atoms with E-state index in [1.54, 1.807) is 4.90 Å². The highest BCUT2D eigenvalue weighted by Crippen LogP contribution is 2.13. The Balaban J connectivity index is 1.88. The van der Waals surface area contributed by atoms with E-state index in [4.69, 9.17) is 0 Å². The molecular formula is C20H31N3O2. The van der Waals surface area contributed by atoms with Gasteiger partial charge < -0.3 is 10.2 Å². The van der Waals surface area contributed by atoms with Gasteiger partial charge in [-0.05, 0) is 30.9 Å². The van der Waals surface area contributed by atoms with Gasteiger partial charge in [-0.2, -0.15) is 0 Å². The molecule has 2 amide bonds. The molecule has 0 aromatic heterocycles. The van der Waals surface area contributed by atoms with Crippen LogP contribution >= 0.6 is 0 Å². The van der Waals surface area contributed by atoms with Crippen molar-refractivity contribution < 1.29 is 9.59 Å². The van der Waals surface area contributed by atoms with E-state index < -0.39 is 0 Å². The van der Waals surface area contributed by atoms with Crippen molar-refractivity contribution in [2.45, 2.75) is 39.2 Å². The second-order valence-electron chi connectivity index (χ2n) is 7.30. The van der Waals surface area contributed by atoms with E-state index >= 15 is 0 Å². The van der Waals surface area contributed by atoms with Crippen molar-refractivity contribution in [1.82, 2.24) is 15.1 Å². The van der Waals surface area contributed by atoms with Gasteiger partial charge in [-0.3, -0.25) is 14.5 Å². The summed E-state index contributed by atoms with van der Waals surface area (Å²) in [6.07, 6.45) is 2.25. The van der Waals surface area contributed by atoms with Crippen LogP contribution in [0.2, 0.25) is 0 Å². The first kappa shape index (κ1) is 19.4. The fourth-order valence-electron chi connectivity index (χ4n) is 3.35. The van der Waals surface area contributed by atoms with Gasteiger partial charge in [0.1, 0.15) is 0 Å². The maximum absolute atomic E-state index is 12.5. The zero-order valence-electron chi connectivity index (χ0n) is 15.7. The maximum atomic E-state index is 12.5. The summed E-state index contributed by atoms with van der Waals surface area (Å²) in [5.74, 6) is 0.456. The second-order valence-corrected chi connectivity index (χ2v) is 7.30. The lowest BCUT2D eigenvalue weighted by Gasteiger charge is -2.35. The third-order valence-corrected chi connectivity index (χ3v) is 4.63. The first-order valence-corrected chi connectivity index (χ1v) is 9.27. The summed E-state index contributed by atoms with van der Waals surface area (Å²) in [6, 6.07) is 10.0. The molecule has 1 aliphatic rings. The Kier molecular flexibility index (Phi) is 7.44. The van der Waals surface area contributed by atoms with Crippen LogP contribution in [-0.2, 0) is 16.0 Å². The number of hydrogen-bond acceptors (Lipinski definition) is 3. The summed E-state index contributed by atoms with van der Waals surface area (Å²) in [7, 11) is 1.82. The molecule has 1 aromatic carbocycles. The summed E-state index contributed by atoms with van der Waals surface area (Å²) in [5.41, 5.74) is 1.31. The second kappa shape index (κ2) is 9.56. The van der Waals surface area contributed by atoms with E-state index in [1.807, 2.05) is 13.1 Å². The number of piperazine rings is 1. The monoisotopic (exact) mass is 345 g/mol. The fraction of sp³-hybridized carbons (Fsp3) is 0.600. The van der Waals surface area contributed by atoms with Crippen molar-refractivity contribution in [3.05, 3.63) is 35.9 Å². The van der Waals surface area contributed by atoms with Crippen LogP contribution in [0.3, 0.4) is 0 Å².